The third kappa shape index (κ3) is 6.81. The molecule has 1 fully saturated rings. The molecule has 2 aromatic carbocycles. The van der Waals surface area contributed by atoms with Gasteiger partial charge >= 0.3 is 0 Å². The molecule has 0 aromatic heterocycles. The highest BCUT2D eigenvalue weighted by Crippen LogP contribution is 2.22. The molecule has 0 amide bonds. The number of terminal acetylenes is 1. The van der Waals surface area contributed by atoms with Gasteiger partial charge in [-0.1, -0.05) is 81.1 Å². The molecule has 1 heterocycles. The van der Waals surface area contributed by atoms with E-state index in [9.17, 15) is 4.79 Å². The van der Waals surface area contributed by atoms with Crippen molar-refractivity contribution in [3.05, 3.63) is 81.9 Å². The van der Waals surface area contributed by atoms with Gasteiger partial charge in [0.05, 0.1) is 6.54 Å². The Balaban J connectivity index is 1.81. The molecule has 166 valence electrons. The van der Waals surface area contributed by atoms with Crippen molar-refractivity contribution in [3.8, 4) is 12.3 Å². The second-order valence-electron chi connectivity index (χ2n) is 8.71. The first-order valence-corrected chi connectivity index (χ1v) is 11.9. The molecule has 1 aliphatic rings. The molecule has 0 spiro atoms. The van der Waals surface area contributed by atoms with Crippen molar-refractivity contribution in [1.29, 1.82) is 0 Å². The molecule has 2 nitrogen and oxygen atoms in total. The van der Waals surface area contributed by atoms with Crippen molar-refractivity contribution < 1.29 is 4.79 Å². The van der Waals surface area contributed by atoms with Crippen molar-refractivity contribution in [1.82, 2.24) is 4.90 Å². The van der Waals surface area contributed by atoms with E-state index in [1.54, 1.807) is 0 Å². The highest BCUT2D eigenvalue weighted by Gasteiger charge is 2.25. The monoisotopic (exact) mass is 425 g/mol. The second kappa shape index (κ2) is 12.2. The molecule has 3 rings (SSSR count). The van der Waals surface area contributed by atoms with Crippen LogP contribution in [0.3, 0.4) is 0 Å². The Labute approximate surface area is 194 Å². The quantitative estimate of drug-likeness (QED) is 0.344. The minimum atomic E-state index is 0.128. The van der Waals surface area contributed by atoms with Crippen molar-refractivity contribution in [2.24, 2.45) is 0 Å². The third-order valence-corrected chi connectivity index (χ3v) is 5.97. The van der Waals surface area contributed by atoms with Crippen LogP contribution in [0, 0.1) is 12.3 Å². The molecule has 2 heteroatoms. The van der Waals surface area contributed by atoms with E-state index in [-0.39, 0.29) is 5.78 Å². The number of Topliss-reactive ketones (excluding diaryl/α,β-unsaturated/α-hetero) is 1. The summed E-state index contributed by atoms with van der Waals surface area (Å²) in [4.78, 5) is 15.4. The van der Waals surface area contributed by atoms with Crippen LogP contribution in [0.1, 0.15) is 61.8 Å². The highest BCUT2D eigenvalue weighted by atomic mass is 16.1. The summed E-state index contributed by atoms with van der Waals surface area (Å²) in [6, 6.07) is 17.1. The van der Waals surface area contributed by atoms with Crippen LogP contribution < -0.4 is 0 Å². The predicted octanol–water partition coefficient (Wildman–Crippen LogP) is 6.36. The Morgan fingerprint density at radius 1 is 0.812 bits per heavy atom. The summed E-state index contributed by atoms with van der Waals surface area (Å²) >= 11 is 0. The largest absolute Gasteiger partial charge is 0.289 e. The van der Waals surface area contributed by atoms with Gasteiger partial charge in [-0.3, -0.25) is 9.69 Å². The zero-order chi connectivity index (χ0) is 22.8. The first-order valence-electron chi connectivity index (χ1n) is 11.9. The number of unbranched alkanes of at least 4 members (excludes halogenated alkanes) is 2. The molecule has 2 aromatic rings. The Morgan fingerprint density at radius 2 is 1.25 bits per heavy atom. The topological polar surface area (TPSA) is 20.3 Å². The third-order valence-electron chi connectivity index (χ3n) is 5.97. The van der Waals surface area contributed by atoms with E-state index in [4.69, 9.17) is 6.42 Å². The van der Waals surface area contributed by atoms with E-state index >= 15 is 0 Å². The SMILES string of the molecule is C#CCN1C/C(=C/c2ccc(CCCC)cc2)C(=O)/C(=C/c2ccc(CCCC)cc2)C1. The lowest BCUT2D eigenvalue weighted by Gasteiger charge is -2.28. The van der Waals surface area contributed by atoms with Gasteiger partial charge in [-0.05, 0) is 60.1 Å². The van der Waals surface area contributed by atoms with Gasteiger partial charge < -0.3 is 0 Å². The number of nitrogens with zero attached hydrogens (tertiary/aromatic N) is 1. The maximum Gasteiger partial charge on any atom is 0.187 e. The fourth-order valence-electron chi connectivity index (χ4n) is 4.08. The Bertz CT molecular complexity index is 913. The van der Waals surface area contributed by atoms with Gasteiger partial charge in [-0.25, -0.2) is 0 Å². The molecule has 0 saturated carbocycles. The first-order chi connectivity index (χ1) is 15.6. The van der Waals surface area contributed by atoms with Gasteiger partial charge in [0.1, 0.15) is 0 Å². The summed E-state index contributed by atoms with van der Waals surface area (Å²) in [6.45, 7) is 6.14. The number of carbonyl (C=O) groups excluding carboxylic acids is 1. The molecule has 1 saturated heterocycles. The van der Waals surface area contributed by atoms with E-state index < -0.39 is 0 Å². The van der Waals surface area contributed by atoms with Crippen LogP contribution in [0.5, 0.6) is 0 Å². The first kappa shape index (κ1) is 23.8. The summed E-state index contributed by atoms with van der Waals surface area (Å²) in [7, 11) is 0. The van der Waals surface area contributed by atoms with E-state index in [1.165, 1.54) is 36.8 Å². The van der Waals surface area contributed by atoms with Crippen LogP contribution in [0.25, 0.3) is 12.2 Å². The van der Waals surface area contributed by atoms with Gasteiger partial charge in [0, 0.05) is 24.2 Å². The summed E-state index contributed by atoms with van der Waals surface area (Å²) in [5.74, 6) is 2.86. The Kier molecular flexibility index (Phi) is 9.08. The zero-order valence-corrected chi connectivity index (χ0v) is 19.6. The van der Waals surface area contributed by atoms with E-state index in [2.05, 4.69) is 73.2 Å². The maximum absolute atomic E-state index is 13.3. The molecular weight excluding hydrogens is 390 g/mol. The zero-order valence-electron chi connectivity index (χ0n) is 19.6. The predicted molar refractivity (Wildman–Crippen MR) is 136 cm³/mol. The lowest BCUT2D eigenvalue weighted by atomic mass is 9.93. The fourth-order valence-corrected chi connectivity index (χ4v) is 4.08. The molecule has 0 radical (unpaired) electrons. The maximum atomic E-state index is 13.3. The number of benzene rings is 2. The van der Waals surface area contributed by atoms with Crippen molar-refractivity contribution >= 4 is 17.9 Å². The molecule has 0 aliphatic carbocycles. The van der Waals surface area contributed by atoms with Crippen LogP contribution in [-0.2, 0) is 17.6 Å². The van der Waals surface area contributed by atoms with E-state index in [0.717, 1.165) is 35.1 Å². The second-order valence-corrected chi connectivity index (χ2v) is 8.71. The standard InChI is InChI=1S/C30H35NO/c1-4-7-9-24-11-15-26(16-12-24)20-28-22-31(19-6-3)23-29(30(28)32)21-27-17-13-25(14-18-27)10-8-5-2/h3,11-18,20-21H,4-5,7-10,19,22-23H2,1-2H3/b28-20-,29-21+. The van der Waals surface area contributed by atoms with Gasteiger partial charge in [0.2, 0.25) is 0 Å². The van der Waals surface area contributed by atoms with Crippen LogP contribution in [0.4, 0.5) is 0 Å². The number of hydrogen-bond acceptors (Lipinski definition) is 2. The minimum Gasteiger partial charge on any atom is -0.289 e. The van der Waals surface area contributed by atoms with Crippen molar-refractivity contribution in [3.63, 3.8) is 0 Å². The number of ketones is 1. The average molecular weight is 426 g/mol. The van der Waals surface area contributed by atoms with Crippen LogP contribution in [0.2, 0.25) is 0 Å². The number of aryl methyl sites for hydroxylation is 2. The molecule has 0 N–H and O–H groups in total. The summed E-state index contributed by atoms with van der Waals surface area (Å²) in [6.07, 6.45) is 16.6. The summed E-state index contributed by atoms with van der Waals surface area (Å²) in [5.41, 5.74) is 6.44. The fraction of sp³-hybridized carbons (Fsp3) is 0.367. The molecule has 0 unspecified atom stereocenters. The normalized spacial score (nSPS) is 17.1. The number of rotatable bonds is 9. The molecular formula is C30H35NO. The lowest BCUT2D eigenvalue weighted by molar-refractivity contribution is -0.113. The van der Waals surface area contributed by atoms with Gasteiger partial charge in [-0.15, -0.1) is 6.42 Å². The van der Waals surface area contributed by atoms with Gasteiger partial charge in [0.15, 0.2) is 5.78 Å². The van der Waals surface area contributed by atoms with E-state index in [0.29, 0.717) is 19.6 Å². The number of piperidine rings is 1. The number of hydrogen-bond donors (Lipinski definition) is 0. The van der Waals surface area contributed by atoms with Gasteiger partial charge in [0.25, 0.3) is 0 Å². The summed E-state index contributed by atoms with van der Waals surface area (Å²) < 4.78 is 0. The van der Waals surface area contributed by atoms with Gasteiger partial charge in [-0.2, -0.15) is 0 Å². The van der Waals surface area contributed by atoms with Crippen LogP contribution >= 0.6 is 0 Å². The van der Waals surface area contributed by atoms with Crippen LogP contribution in [-0.4, -0.2) is 30.3 Å². The van der Waals surface area contributed by atoms with Crippen molar-refractivity contribution in [2.75, 3.05) is 19.6 Å². The summed E-state index contributed by atoms with van der Waals surface area (Å²) in [5, 5.41) is 0. The number of likely N-dealkylation sites (tertiary alicyclic amines) is 1. The van der Waals surface area contributed by atoms with E-state index in [1.807, 2.05) is 12.2 Å². The molecule has 1 aliphatic heterocycles. The molecule has 0 atom stereocenters. The average Bonchev–Trinajstić information content (AvgIpc) is 2.81. The Hall–Kier alpha value is -2.89. The van der Waals surface area contributed by atoms with Crippen molar-refractivity contribution in [2.45, 2.75) is 52.4 Å². The minimum absolute atomic E-state index is 0.128. The smallest absolute Gasteiger partial charge is 0.187 e. The Morgan fingerprint density at radius 3 is 1.62 bits per heavy atom. The molecule has 0 bridgehead atoms. The lowest BCUT2D eigenvalue weighted by Crippen LogP contribution is -2.37. The number of carbonyl (C=O) groups is 1. The molecule has 32 heavy (non-hydrogen) atoms. The van der Waals surface area contributed by atoms with Crippen LogP contribution in [0.15, 0.2) is 59.7 Å². The highest BCUT2D eigenvalue weighted by molar-refractivity contribution is 6.14.